The van der Waals surface area contributed by atoms with Gasteiger partial charge in [-0.15, -0.1) is 0 Å². The first-order valence-corrected chi connectivity index (χ1v) is 12.4. The number of quaternary nitrogens is 1. The Labute approximate surface area is 190 Å². The molecule has 0 aromatic heterocycles. The molecule has 6 nitrogen and oxygen atoms in total. The van der Waals surface area contributed by atoms with Crippen LogP contribution in [0.2, 0.25) is 0 Å². The van der Waals surface area contributed by atoms with Crippen LogP contribution in [0.1, 0.15) is 96.8 Å². The highest BCUT2D eigenvalue weighted by atomic mass is 16.5. The molecule has 1 amide bonds. The van der Waals surface area contributed by atoms with Gasteiger partial charge in [0.25, 0.3) is 0 Å². The number of aliphatic hydroxyl groups is 2. The van der Waals surface area contributed by atoms with E-state index in [-0.39, 0.29) is 43.2 Å². The first-order chi connectivity index (χ1) is 15.1. The predicted molar refractivity (Wildman–Crippen MR) is 126 cm³/mol. The van der Waals surface area contributed by atoms with Crippen molar-refractivity contribution in [2.45, 2.75) is 96.8 Å². The zero-order valence-electron chi connectivity index (χ0n) is 20.2. The number of allylic oxidation sites excluding steroid dienone is 2. The minimum Gasteiger partial charge on any atom is -0.465 e. The molecular formula is C25H48NO5+. The molecular weight excluding hydrogens is 394 g/mol. The highest BCUT2D eigenvalue weighted by Crippen LogP contribution is 2.15. The summed E-state index contributed by atoms with van der Waals surface area (Å²) >= 11 is 0. The number of aliphatic hydroxyl groups excluding tert-OH is 2. The summed E-state index contributed by atoms with van der Waals surface area (Å²) in [6.07, 6.45) is 20.5. The van der Waals surface area contributed by atoms with Gasteiger partial charge in [-0.2, -0.15) is 0 Å². The fourth-order valence-corrected chi connectivity index (χ4v) is 3.89. The Morgan fingerprint density at radius 2 is 1.26 bits per heavy atom. The number of rotatable bonds is 21. The molecule has 31 heavy (non-hydrogen) atoms. The van der Waals surface area contributed by atoms with Crippen LogP contribution >= 0.6 is 0 Å². The lowest BCUT2D eigenvalue weighted by atomic mass is 10.1. The van der Waals surface area contributed by atoms with E-state index in [1.165, 1.54) is 58.5 Å². The average Bonchev–Trinajstić information content (AvgIpc) is 2.76. The van der Waals surface area contributed by atoms with Gasteiger partial charge in [-0.1, -0.05) is 70.4 Å². The standard InChI is InChI=1S/C25H48NO5/c1-3-4-5-6-7-8-9-10-11-12-13-14-15-16-17-18-24(29)26(19-21-27,20-22-28)23-25(30)31-2/h10-11,27-28H,3-9,12-23H2,1-2H3/q+1. The van der Waals surface area contributed by atoms with Gasteiger partial charge in [0, 0.05) is 0 Å². The van der Waals surface area contributed by atoms with Gasteiger partial charge in [-0.3, -0.25) is 0 Å². The molecule has 0 fully saturated rings. The largest absolute Gasteiger partial charge is 0.465 e. The van der Waals surface area contributed by atoms with Crippen LogP contribution < -0.4 is 0 Å². The second kappa shape index (κ2) is 20.7. The van der Waals surface area contributed by atoms with E-state index in [2.05, 4.69) is 19.1 Å². The van der Waals surface area contributed by atoms with E-state index in [4.69, 9.17) is 4.74 Å². The lowest BCUT2D eigenvalue weighted by Crippen LogP contribution is -2.58. The van der Waals surface area contributed by atoms with E-state index in [1.54, 1.807) is 0 Å². The van der Waals surface area contributed by atoms with Gasteiger partial charge in [0.05, 0.1) is 26.7 Å². The van der Waals surface area contributed by atoms with Crippen molar-refractivity contribution in [3.05, 3.63) is 12.2 Å². The van der Waals surface area contributed by atoms with Gasteiger partial charge in [0.2, 0.25) is 0 Å². The molecule has 0 aromatic carbocycles. The zero-order valence-corrected chi connectivity index (χ0v) is 20.2. The normalized spacial score (nSPS) is 11.9. The topological polar surface area (TPSA) is 83.8 Å². The fourth-order valence-electron chi connectivity index (χ4n) is 3.89. The van der Waals surface area contributed by atoms with Crippen molar-refractivity contribution >= 4 is 11.9 Å². The molecule has 0 aliphatic carbocycles. The summed E-state index contributed by atoms with van der Waals surface area (Å²) in [5, 5.41) is 18.7. The summed E-state index contributed by atoms with van der Waals surface area (Å²) in [6, 6.07) is 0. The second-order valence-corrected chi connectivity index (χ2v) is 8.50. The third kappa shape index (κ3) is 15.2. The molecule has 0 heterocycles. The summed E-state index contributed by atoms with van der Waals surface area (Å²) in [7, 11) is 1.28. The minimum atomic E-state index is -0.500. The van der Waals surface area contributed by atoms with Crippen LogP contribution in [-0.2, 0) is 14.3 Å². The Hall–Kier alpha value is -1.24. The lowest BCUT2D eigenvalue weighted by molar-refractivity contribution is -0.848. The number of esters is 1. The number of hydrogen-bond donors (Lipinski definition) is 2. The van der Waals surface area contributed by atoms with E-state index in [9.17, 15) is 19.8 Å². The van der Waals surface area contributed by atoms with Gasteiger partial charge in [0.1, 0.15) is 13.1 Å². The summed E-state index contributed by atoms with van der Waals surface area (Å²) in [4.78, 5) is 24.5. The third-order valence-corrected chi connectivity index (χ3v) is 5.90. The maximum absolute atomic E-state index is 12.8. The zero-order chi connectivity index (χ0) is 23.2. The minimum absolute atomic E-state index is 0.105. The molecule has 0 rings (SSSR count). The number of amides is 1. The first-order valence-electron chi connectivity index (χ1n) is 12.4. The molecule has 0 saturated carbocycles. The number of methoxy groups -OCH3 is 1. The molecule has 0 atom stereocenters. The monoisotopic (exact) mass is 442 g/mol. The van der Waals surface area contributed by atoms with Crippen LogP contribution in [0.25, 0.3) is 0 Å². The molecule has 0 aromatic rings. The molecule has 6 heteroatoms. The summed E-state index contributed by atoms with van der Waals surface area (Å²) < 4.78 is 4.47. The Balaban J connectivity index is 3.95. The number of nitrogens with zero attached hydrogens (tertiary/aromatic N) is 1. The summed E-state index contributed by atoms with van der Waals surface area (Å²) in [5.74, 6) is -0.606. The van der Waals surface area contributed by atoms with Crippen LogP contribution in [0.15, 0.2) is 12.2 Å². The maximum atomic E-state index is 12.8. The molecule has 0 spiro atoms. The van der Waals surface area contributed by atoms with Gasteiger partial charge < -0.3 is 14.9 Å². The van der Waals surface area contributed by atoms with Gasteiger partial charge in [-0.05, 0) is 32.1 Å². The van der Waals surface area contributed by atoms with Crippen LogP contribution in [0.4, 0.5) is 0 Å². The van der Waals surface area contributed by atoms with Gasteiger partial charge >= 0.3 is 11.9 Å². The molecule has 0 bridgehead atoms. The van der Waals surface area contributed by atoms with Gasteiger partial charge in [-0.25, -0.2) is 14.1 Å². The molecule has 0 unspecified atom stereocenters. The molecule has 0 saturated heterocycles. The molecule has 2 N–H and O–H groups in total. The Kier molecular flexibility index (Phi) is 19.8. The van der Waals surface area contributed by atoms with E-state index in [0.29, 0.717) is 6.42 Å². The highest BCUT2D eigenvalue weighted by molar-refractivity contribution is 5.76. The van der Waals surface area contributed by atoms with Crippen molar-refractivity contribution in [2.75, 3.05) is 40.0 Å². The lowest BCUT2D eigenvalue weighted by Gasteiger charge is -2.33. The van der Waals surface area contributed by atoms with Gasteiger partial charge in [0.15, 0.2) is 6.54 Å². The van der Waals surface area contributed by atoms with Crippen molar-refractivity contribution in [1.29, 1.82) is 0 Å². The van der Waals surface area contributed by atoms with Crippen molar-refractivity contribution in [3.8, 4) is 0 Å². The van der Waals surface area contributed by atoms with E-state index >= 15 is 0 Å². The number of ether oxygens (including phenoxy) is 1. The highest BCUT2D eigenvalue weighted by Gasteiger charge is 2.37. The van der Waals surface area contributed by atoms with Crippen LogP contribution in [0, 0.1) is 0 Å². The van der Waals surface area contributed by atoms with Crippen molar-refractivity contribution < 1.29 is 29.0 Å². The van der Waals surface area contributed by atoms with Crippen LogP contribution in [-0.4, -0.2) is 66.5 Å². The Morgan fingerprint density at radius 1 is 0.774 bits per heavy atom. The smallest absolute Gasteiger partial charge is 0.362 e. The summed E-state index contributed by atoms with van der Waals surface area (Å²) in [5.41, 5.74) is 0. The van der Waals surface area contributed by atoms with Crippen LogP contribution in [0.3, 0.4) is 0 Å². The quantitative estimate of drug-likeness (QED) is 0.118. The van der Waals surface area contributed by atoms with Crippen molar-refractivity contribution in [1.82, 2.24) is 0 Å². The number of unbranched alkanes of at least 4 members (excludes halogenated alkanes) is 11. The maximum Gasteiger partial charge on any atom is 0.362 e. The van der Waals surface area contributed by atoms with Crippen molar-refractivity contribution in [2.24, 2.45) is 0 Å². The van der Waals surface area contributed by atoms with E-state index < -0.39 is 5.97 Å². The van der Waals surface area contributed by atoms with E-state index in [1.807, 2.05) is 0 Å². The first kappa shape index (κ1) is 29.8. The molecule has 0 aliphatic rings. The van der Waals surface area contributed by atoms with Crippen LogP contribution in [0.5, 0.6) is 0 Å². The Bertz CT molecular complexity index is 473. The second-order valence-electron chi connectivity index (χ2n) is 8.50. The average molecular weight is 443 g/mol. The van der Waals surface area contributed by atoms with E-state index in [0.717, 1.165) is 32.1 Å². The van der Waals surface area contributed by atoms with Crippen molar-refractivity contribution in [3.63, 3.8) is 0 Å². The Morgan fingerprint density at radius 3 is 1.74 bits per heavy atom. The molecule has 0 aliphatic heterocycles. The number of carbonyl (C=O) groups excluding carboxylic acids is 2. The number of carbonyl (C=O) groups is 2. The predicted octanol–water partition coefficient (Wildman–Crippen LogP) is 4.52. The summed E-state index contributed by atoms with van der Waals surface area (Å²) in [6.45, 7) is 1.93. The molecule has 0 radical (unpaired) electrons. The number of hydrogen-bond acceptors (Lipinski definition) is 5. The molecule has 182 valence electrons. The SMILES string of the molecule is CCCCCCCCC=CCCCCCCCC(=O)[N+](CCO)(CCO)CC(=O)OC. The third-order valence-electron chi connectivity index (χ3n) is 5.90. The fraction of sp³-hybridized carbons (Fsp3) is 0.840.